The third kappa shape index (κ3) is 12.8. The first-order valence-electron chi connectivity index (χ1n) is 6.82. The number of carboxylic acids is 1. The van der Waals surface area contributed by atoms with Crippen LogP contribution in [-0.4, -0.2) is 29.3 Å². The van der Waals surface area contributed by atoms with Gasteiger partial charge in [-0.05, 0) is 11.1 Å². The number of carboxylic acid groups (broad SMARTS) is 1. The van der Waals surface area contributed by atoms with Crippen molar-refractivity contribution in [3.63, 3.8) is 0 Å². The van der Waals surface area contributed by atoms with E-state index in [1.54, 1.807) is 24.3 Å². The molecule has 0 saturated heterocycles. The van der Waals surface area contributed by atoms with Crippen molar-refractivity contribution in [1.82, 2.24) is 0 Å². The third-order valence-corrected chi connectivity index (χ3v) is 2.61. The second-order valence-corrected chi connectivity index (χ2v) is 4.33. The molecule has 2 aromatic carbocycles. The van der Waals surface area contributed by atoms with Gasteiger partial charge in [0, 0.05) is 12.8 Å². The summed E-state index contributed by atoms with van der Waals surface area (Å²) in [6.45, 7) is 0. The molecular weight excluding hydrogens is 324 g/mol. The van der Waals surface area contributed by atoms with Gasteiger partial charge in [-0.25, -0.2) is 4.79 Å². The van der Waals surface area contributed by atoms with Gasteiger partial charge in [-0.3, -0.25) is 4.79 Å². The van der Waals surface area contributed by atoms with E-state index in [1.165, 1.54) is 0 Å². The van der Waals surface area contributed by atoms with Crippen molar-refractivity contribution in [1.29, 1.82) is 0 Å². The van der Waals surface area contributed by atoms with E-state index in [0.29, 0.717) is 6.42 Å². The zero-order valence-corrected chi connectivity index (χ0v) is 12.8. The minimum atomic E-state index is -1.38. The summed E-state index contributed by atoms with van der Waals surface area (Å²) in [7, 11) is 0. The van der Waals surface area contributed by atoms with Crippen molar-refractivity contribution in [2.75, 3.05) is 0 Å². The normalized spacial score (nSPS) is 8.00. The summed E-state index contributed by atoms with van der Waals surface area (Å²) in [6.07, 6.45) is 1.66. The molecule has 0 aliphatic rings. The first-order valence-corrected chi connectivity index (χ1v) is 6.82. The van der Waals surface area contributed by atoms with E-state index in [9.17, 15) is 14.4 Å². The van der Waals surface area contributed by atoms with Crippen LogP contribution in [0.1, 0.15) is 18.6 Å². The second-order valence-electron chi connectivity index (χ2n) is 4.33. The van der Waals surface area contributed by atoms with Crippen molar-refractivity contribution >= 4 is 24.2 Å². The number of carbonyl (C=O) groups excluding carboxylic acids is 4. The van der Waals surface area contributed by atoms with Crippen LogP contribution in [0.2, 0.25) is 0 Å². The highest BCUT2D eigenvalue weighted by molar-refractivity contribution is 6.33. The molecule has 132 valence electrons. The van der Waals surface area contributed by atoms with Gasteiger partial charge in [-0.2, -0.15) is 9.59 Å². The van der Waals surface area contributed by atoms with E-state index >= 15 is 0 Å². The van der Waals surface area contributed by atoms with Crippen molar-refractivity contribution in [2.24, 2.45) is 0 Å². The Labute approximate surface area is 146 Å². The Balaban J connectivity index is 0. The molecule has 25 heavy (non-hydrogen) atoms. The molecule has 0 aliphatic heterocycles. The Bertz CT molecular complexity index is 659. The minimum absolute atomic E-state index is 0. The van der Waals surface area contributed by atoms with Gasteiger partial charge in [0.1, 0.15) is 6.29 Å². The highest BCUT2D eigenvalue weighted by Crippen LogP contribution is 1.99. The van der Waals surface area contributed by atoms with Gasteiger partial charge < -0.3 is 9.90 Å². The van der Waals surface area contributed by atoms with E-state index in [4.69, 9.17) is 14.7 Å². The fourth-order valence-electron chi connectivity index (χ4n) is 1.57. The lowest BCUT2D eigenvalue weighted by Gasteiger charge is -1.94. The van der Waals surface area contributed by atoms with Crippen molar-refractivity contribution in [3.8, 4) is 0 Å². The Kier molecular flexibility index (Phi) is 14.8. The molecule has 0 amide bonds. The number of benzene rings is 2. The van der Waals surface area contributed by atoms with E-state index in [1.807, 2.05) is 36.4 Å². The Morgan fingerprint density at radius 1 is 0.880 bits per heavy atom. The van der Waals surface area contributed by atoms with Gasteiger partial charge in [-0.1, -0.05) is 68.1 Å². The monoisotopic (exact) mass is 344 g/mol. The molecule has 0 atom stereocenters. The lowest BCUT2D eigenvalue weighted by atomic mass is 10.1. The predicted octanol–water partition coefficient (Wildman–Crippen LogP) is 2.36. The average Bonchev–Trinajstić information content (AvgIpc) is 2.58. The van der Waals surface area contributed by atoms with Gasteiger partial charge >= 0.3 is 12.1 Å². The van der Waals surface area contributed by atoms with Crippen LogP contribution in [0.15, 0.2) is 60.7 Å². The van der Waals surface area contributed by atoms with E-state index in [-0.39, 0.29) is 20.0 Å². The zero-order chi connectivity index (χ0) is 18.2. The smallest absolute Gasteiger partial charge is 0.373 e. The number of hydrogen-bond donors (Lipinski definition) is 1. The number of ketones is 1. The van der Waals surface area contributed by atoms with Crippen molar-refractivity contribution in [3.05, 3.63) is 71.8 Å². The standard InChI is InChI=1S/C9H8O3.C8H8O.CO2.CH4/c10-8(9(11)12)6-7-4-2-1-3-5-7;9-7-6-8-4-2-1-3-5-8;2-1-3;/h1-5H,6H2,(H,11,12);1-5,7H,6H2;;1H4. The fourth-order valence-corrected chi connectivity index (χ4v) is 1.57. The summed E-state index contributed by atoms with van der Waals surface area (Å²) < 4.78 is 0. The summed E-state index contributed by atoms with van der Waals surface area (Å²) in [4.78, 5) is 47.1. The Morgan fingerprint density at radius 3 is 1.64 bits per heavy atom. The highest BCUT2D eigenvalue weighted by atomic mass is 16.4. The quantitative estimate of drug-likeness (QED) is 0.659. The molecule has 0 fully saturated rings. The number of aldehydes is 1. The molecule has 6 nitrogen and oxygen atoms in total. The van der Waals surface area contributed by atoms with Gasteiger partial charge in [0.2, 0.25) is 5.78 Å². The summed E-state index contributed by atoms with van der Waals surface area (Å²) in [5.74, 6) is -2.15. The maximum atomic E-state index is 10.7. The highest BCUT2D eigenvalue weighted by Gasteiger charge is 2.10. The van der Waals surface area contributed by atoms with Crippen LogP contribution >= 0.6 is 0 Å². The van der Waals surface area contributed by atoms with Crippen LogP contribution in [0, 0.1) is 0 Å². The van der Waals surface area contributed by atoms with Crippen molar-refractivity contribution < 1.29 is 29.1 Å². The average molecular weight is 344 g/mol. The maximum absolute atomic E-state index is 10.7. The molecule has 0 radical (unpaired) electrons. The molecule has 0 aliphatic carbocycles. The Morgan fingerprint density at radius 2 is 1.28 bits per heavy atom. The van der Waals surface area contributed by atoms with Crippen LogP contribution < -0.4 is 0 Å². The number of carbonyl (C=O) groups is 3. The molecule has 6 heteroatoms. The molecule has 0 spiro atoms. The predicted molar refractivity (Wildman–Crippen MR) is 90.7 cm³/mol. The van der Waals surface area contributed by atoms with Crippen LogP contribution in [0.3, 0.4) is 0 Å². The van der Waals surface area contributed by atoms with Crippen LogP contribution in [0.4, 0.5) is 0 Å². The molecule has 2 aromatic rings. The third-order valence-electron chi connectivity index (χ3n) is 2.61. The lowest BCUT2D eigenvalue weighted by molar-refractivity contribution is -0.191. The Hall–Kier alpha value is -3.37. The summed E-state index contributed by atoms with van der Waals surface area (Å²) in [6, 6.07) is 18.5. The summed E-state index contributed by atoms with van der Waals surface area (Å²) in [5, 5.41) is 8.29. The molecule has 0 saturated carbocycles. The lowest BCUT2D eigenvalue weighted by Crippen LogP contribution is -2.14. The van der Waals surface area contributed by atoms with E-state index in [2.05, 4.69) is 0 Å². The van der Waals surface area contributed by atoms with E-state index < -0.39 is 11.8 Å². The molecule has 0 unspecified atom stereocenters. The van der Waals surface area contributed by atoms with Gasteiger partial charge in [-0.15, -0.1) is 0 Å². The van der Waals surface area contributed by atoms with Crippen LogP contribution in [0.5, 0.6) is 0 Å². The fraction of sp³-hybridized carbons (Fsp3) is 0.158. The molecule has 1 N–H and O–H groups in total. The number of Topliss-reactive ketones (excluding diaryl/α,β-unsaturated/α-hetero) is 1. The first-order chi connectivity index (χ1) is 11.5. The van der Waals surface area contributed by atoms with Gasteiger partial charge in [0.25, 0.3) is 0 Å². The molecule has 2 rings (SSSR count). The largest absolute Gasteiger partial charge is 0.475 e. The van der Waals surface area contributed by atoms with Gasteiger partial charge in [0.15, 0.2) is 0 Å². The second kappa shape index (κ2) is 15.5. The molecular formula is C19H20O6. The van der Waals surface area contributed by atoms with Crippen molar-refractivity contribution in [2.45, 2.75) is 20.3 Å². The van der Waals surface area contributed by atoms with Crippen LogP contribution in [0.25, 0.3) is 0 Å². The molecule has 0 heterocycles. The number of rotatable bonds is 5. The topological polar surface area (TPSA) is 106 Å². The zero-order valence-electron chi connectivity index (χ0n) is 12.8. The van der Waals surface area contributed by atoms with E-state index in [0.717, 1.165) is 17.4 Å². The minimum Gasteiger partial charge on any atom is -0.475 e. The summed E-state index contributed by atoms with van der Waals surface area (Å²) >= 11 is 0. The number of aliphatic carboxylic acids is 1. The van der Waals surface area contributed by atoms with Gasteiger partial charge in [0.05, 0.1) is 0 Å². The maximum Gasteiger partial charge on any atom is 0.373 e. The molecule has 0 bridgehead atoms. The summed E-state index contributed by atoms with van der Waals surface area (Å²) in [5.41, 5.74) is 1.80. The number of hydrogen-bond acceptors (Lipinski definition) is 5. The molecule has 0 aromatic heterocycles. The first kappa shape index (κ1) is 23.9. The SMILES string of the molecule is C.O=C(O)C(=O)Cc1ccccc1.O=C=O.O=CCc1ccccc1. The van der Waals surface area contributed by atoms with Crippen LogP contribution in [-0.2, 0) is 36.8 Å².